The van der Waals surface area contributed by atoms with Crippen molar-refractivity contribution in [2.24, 2.45) is 10.4 Å². The maximum Gasteiger partial charge on any atom is 0.242 e. The third kappa shape index (κ3) is 7.22. The predicted molar refractivity (Wildman–Crippen MR) is 114 cm³/mol. The van der Waals surface area contributed by atoms with Crippen molar-refractivity contribution < 1.29 is 4.79 Å². The lowest BCUT2D eigenvalue weighted by atomic mass is 9.67. The Morgan fingerprint density at radius 2 is 1.84 bits per heavy atom. The first-order valence-electron chi connectivity index (χ1n) is 9.00. The Kier molecular flexibility index (Phi) is 9.85. The summed E-state index contributed by atoms with van der Waals surface area (Å²) in [5, 5.41) is 9.52. The zero-order valence-electron chi connectivity index (χ0n) is 15.3. The minimum atomic E-state index is -0.0649. The van der Waals surface area contributed by atoms with E-state index in [4.69, 9.17) is 0 Å². The smallest absolute Gasteiger partial charge is 0.242 e. The first kappa shape index (κ1) is 21.7. The molecule has 1 aliphatic rings. The number of nitrogens with zero attached hydrogens (tertiary/aromatic N) is 1. The van der Waals surface area contributed by atoms with Crippen LogP contribution in [-0.2, 0) is 11.3 Å². The number of hydrogen-bond acceptors (Lipinski definition) is 2. The SMILES string of the molecule is CCNC(=NCC(=O)NCc1ccccc1)NCC1(CC)CCC1.I. The summed E-state index contributed by atoms with van der Waals surface area (Å²) in [6.07, 6.45) is 5.09. The third-order valence-electron chi connectivity index (χ3n) is 4.85. The summed E-state index contributed by atoms with van der Waals surface area (Å²) in [5.74, 6) is 0.664. The molecule has 6 heteroatoms. The van der Waals surface area contributed by atoms with E-state index in [1.807, 2.05) is 37.3 Å². The highest BCUT2D eigenvalue weighted by atomic mass is 127. The minimum absolute atomic E-state index is 0. The predicted octanol–water partition coefficient (Wildman–Crippen LogP) is 3.06. The Labute approximate surface area is 168 Å². The molecule has 140 valence electrons. The number of aliphatic imine (C=N–C) groups is 1. The Bertz CT molecular complexity index is 538. The van der Waals surface area contributed by atoms with Crippen molar-refractivity contribution in [3.05, 3.63) is 35.9 Å². The van der Waals surface area contributed by atoms with E-state index < -0.39 is 0 Å². The second-order valence-electron chi connectivity index (χ2n) is 6.52. The van der Waals surface area contributed by atoms with Gasteiger partial charge >= 0.3 is 0 Å². The van der Waals surface area contributed by atoms with Gasteiger partial charge in [-0.05, 0) is 37.2 Å². The number of hydrogen-bond donors (Lipinski definition) is 3. The zero-order valence-corrected chi connectivity index (χ0v) is 17.6. The van der Waals surface area contributed by atoms with Crippen molar-refractivity contribution >= 4 is 35.8 Å². The summed E-state index contributed by atoms with van der Waals surface area (Å²) in [6.45, 7) is 6.69. The molecular formula is C19H31IN4O. The van der Waals surface area contributed by atoms with Crippen molar-refractivity contribution in [1.82, 2.24) is 16.0 Å². The van der Waals surface area contributed by atoms with Crippen molar-refractivity contribution in [3.8, 4) is 0 Å². The number of rotatable bonds is 8. The van der Waals surface area contributed by atoms with E-state index in [9.17, 15) is 4.79 Å². The number of guanidine groups is 1. The van der Waals surface area contributed by atoms with Gasteiger partial charge in [0, 0.05) is 19.6 Å². The molecular weight excluding hydrogens is 427 g/mol. The van der Waals surface area contributed by atoms with Gasteiger partial charge in [0.05, 0.1) is 0 Å². The Morgan fingerprint density at radius 3 is 2.40 bits per heavy atom. The summed E-state index contributed by atoms with van der Waals surface area (Å²) in [7, 11) is 0. The van der Waals surface area contributed by atoms with Crippen LogP contribution in [0.1, 0.15) is 45.1 Å². The van der Waals surface area contributed by atoms with Gasteiger partial charge in [0.2, 0.25) is 5.91 Å². The molecule has 0 radical (unpaired) electrons. The lowest BCUT2D eigenvalue weighted by Gasteiger charge is -2.41. The van der Waals surface area contributed by atoms with Gasteiger partial charge in [-0.3, -0.25) is 4.79 Å². The highest BCUT2D eigenvalue weighted by molar-refractivity contribution is 14.0. The quantitative estimate of drug-likeness (QED) is 0.319. The van der Waals surface area contributed by atoms with E-state index in [2.05, 4.69) is 27.9 Å². The molecule has 25 heavy (non-hydrogen) atoms. The second-order valence-corrected chi connectivity index (χ2v) is 6.52. The van der Waals surface area contributed by atoms with E-state index in [1.165, 1.54) is 25.7 Å². The van der Waals surface area contributed by atoms with Crippen LogP contribution in [0.15, 0.2) is 35.3 Å². The molecule has 5 nitrogen and oxygen atoms in total. The molecule has 1 amide bonds. The van der Waals surface area contributed by atoms with Crippen LogP contribution in [0.3, 0.4) is 0 Å². The molecule has 1 aromatic rings. The normalized spacial score (nSPS) is 15.5. The molecule has 1 aromatic carbocycles. The standard InChI is InChI=1S/C19H30N4O.HI/c1-3-19(11-8-12-19)15-23-18(20-4-2)22-14-17(24)21-13-16-9-6-5-7-10-16;/h5-7,9-10H,3-4,8,11-15H2,1-2H3,(H,21,24)(H2,20,22,23);1H. The molecule has 0 saturated heterocycles. The molecule has 2 rings (SSSR count). The molecule has 0 heterocycles. The number of halogens is 1. The van der Waals surface area contributed by atoms with Gasteiger partial charge in [0.1, 0.15) is 6.54 Å². The van der Waals surface area contributed by atoms with Crippen LogP contribution < -0.4 is 16.0 Å². The number of benzene rings is 1. The number of amides is 1. The molecule has 0 unspecified atom stereocenters. The topological polar surface area (TPSA) is 65.5 Å². The van der Waals surface area contributed by atoms with Gasteiger partial charge in [-0.1, -0.05) is 43.7 Å². The van der Waals surface area contributed by atoms with Gasteiger partial charge in [0.15, 0.2) is 5.96 Å². The van der Waals surface area contributed by atoms with Gasteiger partial charge < -0.3 is 16.0 Å². The van der Waals surface area contributed by atoms with E-state index in [-0.39, 0.29) is 36.4 Å². The lowest BCUT2D eigenvalue weighted by molar-refractivity contribution is -0.119. The summed E-state index contributed by atoms with van der Waals surface area (Å²) in [6, 6.07) is 9.90. The van der Waals surface area contributed by atoms with E-state index in [1.54, 1.807) is 0 Å². The van der Waals surface area contributed by atoms with E-state index in [0.717, 1.165) is 24.6 Å². The fourth-order valence-electron chi connectivity index (χ4n) is 2.95. The van der Waals surface area contributed by atoms with Crippen LogP contribution in [0.5, 0.6) is 0 Å². The first-order valence-corrected chi connectivity index (χ1v) is 9.00. The molecule has 0 bridgehead atoms. The highest BCUT2D eigenvalue weighted by Gasteiger charge is 2.34. The highest BCUT2D eigenvalue weighted by Crippen LogP contribution is 2.42. The summed E-state index contributed by atoms with van der Waals surface area (Å²) >= 11 is 0. The summed E-state index contributed by atoms with van der Waals surface area (Å²) in [4.78, 5) is 16.4. The number of carbonyl (C=O) groups is 1. The average Bonchev–Trinajstić information content (AvgIpc) is 2.58. The molecule has 0 atom stereocenters. The molecule has 0 aromatic heterocycles. The zero-order chi connectivity index (χ0) is 17.3. The maximum atomic E-state index is 12.0. The van der Waals surface area contributed by atoms with Crippen molar-refractivity contribution in [1.29, 1.82) is 0 Å². The average molecular weight is 458 g/mol. The molecule has 0 spiro atoms. The van der Waals surface area contributed by atoms with Crippen molar-refractivity contribution in [2.75, 3.05) is 19.6 Å². The van der Waals surface area contributed by atoms with E-state index in [0.29, 0.717) is 12.0 Å². The van der Waals surface area contributed by atoms with Crippen LogP contribution >= 0.6 is 24.0 Å². The van der Waals surface area contributed by atoms with Gasteiger partial charge in [0.25, 0.3) is 0 Å². The fourth-order valence-corrected chi connectivity index (χ4v) is 2.95. The van der Waals surface area contributed by atoms with Crippen LogP contribution in [0.4, 0.5) is 0 Å². The number of nitrogens with one attached hydrogen (secondary N) is 3. The largest absolute Gasteiger partial charge is 0.357 e. The van der Waals surface area contributed by atoms with Crippen LogP contribution in [0.2, 0.25) is 0 Å². The lowest BCUT2D eigenvalue weighted by Crippen LogP contribution is -2.46. The van der Waals surface area contributed by atoms with Crippen LogP contribution in [0, 0.1) is 5.41 Å². The Morgan fingerprint density at radius 1 is 1.12 bits per heavy atom. The molecule has 1 fully saturated rings. The van der Waals surface area contributed by atoms with E-state index >= 15 is 0 Å². The molecule has 3 N–H and O–H groups in total. The second kappa shape index (κ2) is 11.3. The third-order valence-corrected chi connectivity index (χ3v) is 4.85. The first-order chi connectivity index (χ1) is 11.7. The number of carbonyl (C=O) groups excluding carboxylic acids is 1. The Balaban J connectivity index is 0.00000312. The van der Waals surface area contributed by atoms with Gasteiger partial charge in [-0.25, -0.2) is 4.99 Å². The Hall–Kier alpha value is -1.31. The fraction of sp³-hybridized carbons (Fsp3) is 0.579. The monoisotopic (exact) mass is 458 g/mol. The van der Waals surface area contributed by atoms with Crippen LogP contribution in [0.25, 0.3) is 0 Å². The van der Waals surface area contributed by atoms with Crippen LogP contribution in [-0.4, -0.2) is 31.5 Å². The minimum Gasteiger partial charge on any atom is -0.357 e. The molecule has 0 aliphatic heterocycles. The van der Waals surface area contributed by atoms with Crippen molar-refractivity contribution in [2.45, 2.75) is 46.1 Å². The van der Waals surface area contributed by atoms with Crippen molar-refractivity contribution in [3.63, 3.8) is 0 Å². The summed E-state index contributed by atoms with van der Waals surface area (Å²) in [5.41, 5.74) is 1.51. The van der Waals surface area contributed by atoms with Gasteiger partial charge in [-0.15, -0.1) is 24.0 Å². The summed E-state index contributed by atoms with van der Waals surface area (Å²) < 4.78 is 0. The van der Waals surface area contributed by atoms with Gasteiger partial charge in [-0.2, -0.15) is 0 Å². The maximum absolute atomic E-state index is 12.0. The molecule has 1 saturated carbocycles. The molecule has 1 aliphatic carbocycles.